The van der Waals surface area contributed by atoms with E-state index in [4.69, 9.17) is 0 Å². The van der Waals surface area contributed by atoms with Gasteiger partial charge in [-0.3, -0.25) is 9.59 Å². The number of aryl methyl sites for hydroxylation is 1. The van der Waals surface area contributed by atoms with Crippen LogP contribution in [0.2, 0.25) is 0 Å². The molecule has 25 heavy (non-hydrogen) atoms. The van der Waals surface area contributed by atoms with Crippen molar-refractivity contribution in [3.8, 4) is 5.75 Å². The largest absolute Gasteiger partial charge is 0.506 e. The van der Waals surface area contributed by atoms with Crippen LogP contribution in [0.25, 0.3) is 10.9 Å². The van der Waals surface area contributed by atoms with Gasteiger partial charge in [-0.15, -0.1) is 0 Å². The van der Waals surface area contributed by atoms with Crippen LogP contribution in [0.5, 0.6) is 5.75 Å². The molecule has 0 fully saturated rings. The molecule has 0 saturated carbocycles. The predicted octanol–water partition coefficient (Wildman–Crippen LogP) is 3.38. The fourth-order valence-corrected chi connectivity index (χ4v) is 3.64. The van der Waals surface area contributed by atoms with Gasteiger partial charge < -0.3 is 15.0 Å². The summed E-state index contributed by atoms with van der Waals surface area (Å²) in [6, 6.07) is 12.8. The van der Waals surface area contributed by atoms with Gasteiger partial charge in [0.05, 0.1) is 5.52 Å². The molecule has 1 aliphatic rings. The average Bonchev–Trinajstić information content (AvgIpc) is 2.89. The Morgan fingerprint density at radius 3 is 2.76 bits per heavy atom. The van der Waals surface area contributed by atoms with Gasteiger partial charge in [0.1, 0.15) is 11.3 Å². The molecule has 0 radical (unpaired) electrons. The van der Waals surface area contributed by atoms with Crippen molar-refractivity contribution in [3.63, 3.8) is 0 Å². The zero-order valence-electron chi connectivity index (χ0n) is 14.0. The van der Waals surface area contributed by atoms with Crippen LogP contribution in [0.15, 0.2) is 47.3 Å². The number of nitrogens with one attached hydrogen (secondary N) is 1. The molecule has 1 amide bonds. The quantitative estimate of drug-likeness (QED) is 0.755. The van der Waals surface area contributed by atoms with Crippen molar-refractivity contribution >= 4 is 22.5 Å². The molecule has 1 aromatic heterocycles. The number of pyridine rings is 1. The van der Waals surface area contributed by atoms with Crippen molar-refractivity contribution in [2.75, 3.05) is 5.32 Å². The second kappa shape index (κ2) is 5.48. The summed E-state index contributed by atoms with van der Waals surface area (Å²) in [5, 5.41) is 13.9. The lowest BCUT2D eigenvalue weighted by molar-refractivity contribution is 0.102. The summed E-state index contributed by atoms with van der Waals surface area (Å²) < 4.78 is 1.62. The Bertz CT molecular complexity index is 1080. The van der Waals surface area contributed by atoms with E-state index in [9.17, 15) is 14.7 Å². The van der Waals surface area contributed by atoms with Gasteiger partial charge >= 0.3 is 0 Å². The fraction of sp³-hybridized carbons (Fsp3) is 0.200. The first-order valence-electron chi connectivity index (χ1n) is 8.24. The first-order valence-corrected chi connectivity index (χ1v) is 8.24. The highest BCUT2D eigenvalue weighted by molar-refractivity contribution is 6.09. The minimum Gasteiger partial charge on any atom is -0.506 e. The van der Waals surface area contributed by atoms with Gasteiger partial charge in [-0.05, 0) is 49.6 Å². The second-order valence-corrected chi connectivity index (χ2v) is 6.59. The molecule has 126 valence electrons. The highest BCUT2D eigenvalue weighted by Crippen LogP contribution is 2.36. The number of amides is 1. The molecule has 1 aliphatic heterocycles. The smallest absolute Gasteiger partial charge is 0.268 e. The van der Waals surface area contributed by atoms with Crippen molar-refractivity contribution < 1.29 is 9.90 Å². The third-order valence-electron chi connectivity index (χ3n) is 4.74. The maximum Gasteiger partial charge on any atom is 0.268 e. The molecule has 5 nitrogen and oxygen atoms in total. The highest BCUT2D eigenvalue weighted by Gasteiger charge is 2.29. The van der Waals surface area contributed by atoms with E-state index in [0.29, 0.717) is 11.1 Å². The number of hydrogen-bond donors (Lipinski definition) is 2. The number of anilines is 1. The van der Waals surface area contributed by atoms with Crippen molar-refractivity contribution in [1.82, 2.24) is 4.57 Å². The van der Waals surface area contributed by atoms with Gasteiger partial charge in [0, 0.05) is 17.1 Å². The summed E-state index contributed by atoms with van der Waals surface area (Å²) in [7, 11) is 0. The van der Waals surface area contributed by atoms with E-state index in [0.717, 1.165) is 23.1 Å². The van der Waals surface area contributed by atoms with E-state index in [2.05, 4.69) is 5.32 Å². The Morgan fingerprint density at radius 2 is 2.00 bits per heavy atom. The lowest BCUT2D eigenvalue weighted by atomic mass is 10.1. The summed E-state index contributed by atoms with van der Waals surface area (Å²) >= 11 is 0. The molecule has 0 spiro atoms. The Labute approximate surface area is 144 Å². The van der Waals surface area contributed by atoms with Crippen molar-refractivity contribution in [2.45, 2.75) is 26.3 Å². The monoisotopic (exact) mass is 334 g/mol. The van der Waals surface area contributed by atoms with Crippen LogP contribution < -0.4 is 10.9 Å². The number of benzene rings is 2. The van der Waals surface area contributed by atoms with E-state index in [-0.39, 0.29) is 17.4 Å². The molecule has 1 unspecified atom stereocenters. The first-order chi connectivity index (χ1) is 12.0. The summed E-state index contributed by atoms with van der Waals surface area (Å²) in [6.07, 6.45) is 0.717. The highest BCUT2D eigenvalue weighted by atomic mass is 16.3. The summed E-state index contributed by atoms with van der Waals surface area (Å²) in [5.74, 6) is -0.847. The Balaban J connectivity index is 1.89. The van der Waals surface area contributed by atoms with Crippen LogP contribution in [0.3, 0.4) is 0 Å². The standard InChI is InChI=1S/C20H18N2O3/c1-11-5-3-7-14(9-11)21-19(24)16-18(23)15-8-4-6-13-10-12(2)22(17(13)15)20(16)25/h3-9,12,23H,10H2,1-2H3,(H,21,24). The van der Waals surface area contributed by atoms with E-state index in [1.807, 2.05) is 44.2 Å². The Hall–Kier alpha value is -3.08. The maximum absolute atomic E-state index is 12.9. The maximum atomic E-state index is 12.9. The van der Waals surface area contributed by atoms with Gasteiger partial charge in [-0.25, -0.2) is 0 Å². The number of aromatic nitrogens is 1. The zero-order chi connectivity index (χ0) is 17.7. The van der Waals surface area contributed by atoms with Crippen LogP contribution in [0, 0.1) is 6.92 Å². The Kier molecular flexibility index (Phi) is 3.39. The average molecular weight is 334 g/mol. The lowest BCUT2D eigenvalue weighted by Crippen LogP contribution is -2.30. The summed E-state index contributed by atoms with van der Waals surface area (Å²) in [4.78, 5) is 25.6. The van der Waals surface area contributed by atoms with Crippen LogP contribution in [0.1, 0.15) is 34.5 Å². The molecule has 4 rings (SSSR count). The van der Waals surface area contributed by atoms with Gasteiger partial charge in [-0.1, -0.05) is 24.3 Å². The second-order valence-electron chi connectivity index (χ2n) is 6.59. The number of nitrogens with zero attached hydrogens (tertiary/aromatic N) is 1. The van der Waals surface area contributed by atoms with Crippen molar-refractivity contribution in [2.24, 2.45) is 0 Å². The van der Waals surface area contributed by atoms with Crippen LogP contribution >= 0.6 is 0 Å². The molecule has 2 N–H and O–H groups in total. The van der Waals surface area contributed by atoms with E-state index >= 15 is 0 Å². The minimum absolute atomic E-state index is 0.0430. The van der Waals surface area contributed by atoms with E-state index < -0.39 is 11.5 Å². The fourth-order valence-electron chi connectivity index (χ4n) is 3.64. The third-order valence-corrected chi connectivity index (χ3v) is 4.74. The molecule has 0 bridgehead atoms. The predicted molar refractivity (Wildman–Crippen MR) is 97.4 cm³/mol. The molecule has 3 aromatic rings. The number of aromatic hydroxyl groups is 1. The SMILES string of the molecule is Cc1cccc(NC(=O)c2c(O)c3cccc4c3n(c2=O)C(C)C4)c1. The third kappa shape index (κ3) is 2.31. The van der Waals surface area contributed by atoms with Gasteiger partial charge in [0.15, 0.2) is 0 Å². The molecular formula is C20H18N2O3. The van der Waals surface area contributed by atoms with Crippen LogP contribution in [-0.4, -0.2) is 15.6 Å². The summed E-state index contributed by atoms with van der Waals surface area (Å²) in [5.41, 5.74) is 2.67. The van der Waals surface area contributed by atoms with Crippen LogP contribution in [0.4, 0.5) is 5.69 Å². The van der Waals surface area contributed by atoms with Crippen molar-refractivity contribution in [1.29, 1.82) is 0 Å². The molecule has 0 saturated heterocycles. The van der Waals surface area contributed by atoms with E-state index in [1.54, 1.807) is 16.7 Å². The first kappa shape index (κ1) is 15.4. The molecular weight excluding hydrogens is 316 g/mol. The molecule has 2 heterocycles. The van der Waals surface area contributed by atoms with E-state index in [1.165, 1.54) is 0 Å². The molecule has 1 atom stereocenters. The van der Waals surface area contributed by atoms with Gasteiger partial charge in [0.2, 0.25) is 0 Å². The number of hydrogen-bond acceptors (Lipinski definition) is 3. The normalized spacial score (nSPS) is 15.5. The lowest BCUT2D eigenvalue weighted by Gasteiger charge is -2.14. The molecule has 2 aromatic carbocycles. The van der Waals surface area contributed by atoms with Crippen LogP contribution in [-0.2, 0) is 6.42 Å². The number of rotatable bonds is 2. The van der Waals surface area contributed by atoms with Crippen molar-refractivity contribution in [3.05, 3.63) is 69.5 Å². The summed E-state index contributed by atoms with van der Waals surface area (Å²) in [6.45, 7) is 3.86. The van der Waals surface area contributed by atoms with Gasteiger partial charge in [-0.2, -0.15) is 0 Å². The Morgan fingerprint density at radius 1 is 1.24 bits per heavy atom. The number of para-hydroxylation sites is 1. The minimum atomic E-state index is -0.594. The molecule has 5 heteroatoms. The number of carbonyl (C=O) groups excluding carboxylic acids is 1. The van der Waals surface area contributed by atoms with Gasteiger partial charge in [0.25, 0.3) is 11.5 Å². The number of carbonyl (C=O) groups is 1. The topological polar surface area (TPSA) is 71.3 Å². The molecule has 0 aliphatic carbocycles. The zero-order valence-corrected chi connectivity index (χ0v) is 14.0.